The Bertz CT molecular complexity index is 433. The molecule has 14 heavy (non-hydrogen) atoms. The molecule has 0 aliphatic rings. The Morgan fingerprint density at radius 1 is 1.43 bits per heavy atom. The van der Waals surface area contributed by atoms with E-state index in [2.05, 4.69) is 4.99 Å². The minimum atomic E-state index is -1.34. The fourth-order valence-corrected chi connectivity index (χ4v) is 0.952. The summed E-state index contributed by atoms with van der Waals surface area (Å²) in [5.74, 6) is -2.25. The highest BCUT2D eigenvalue weighted by Crippen LogP contribution is 2.21. The van der Waals surface area contributed by atoms with Gasteiger partial charge in [-0.3, -0.25) is 0 Å². The first-order chi connectivity index (χ1) is 6.70. The molecule has 70 valence electrons. The maximum atomic E-state index is 13.0. The lowest BCUT2D eigenvalue weighted by atomic mass is 10.1. The van der Waals surface area contributed by atoms with Crippen LogP contribution in [0.4, 0.5) is 8.78 Å². The number of nitriles is 1. The first kappa shape index (κ1) is 10.0. The summed E-state index contributed by atoms with van der Waals surface area (Å²) in [6.07, 6.45) is 1.13. The molecule has 0 saturated heterocycles. The van der Waals surface area contributed by atoms with E-state index in [4.69, 9.17) is 5.26 Å². The Hall–Kier alpha value is -2.05. The van der Waals surface area contributed by atoms with E-state index in [1.807, 2.05) is 0 Å². The normalized spacial score (nSPS) is 11.2. The number of rotatable bonds is 2. The number of carbonyl (C=O) groups excluding carboxylic acids is 1. The van der Waals surface area contributed by atoms with Crippen molar-refractivity contribution in [1.29, 1.82) is 5.26 Å². The smallest absolute Gasteiger partial charge is 0.211 e. The third-order valence-electron chi connectivity index (χ3n) is 1.58. The molecule has 0 aliphatic carbocycles. The van der Waals surface area contributed by atoms with Gasteiger partial charge < -0.3 is 0 Å². The van der Waals surface area contributed by atoms with Crippen LogP contribution in [0.2, 0.25) is 0 Å². The van der Waals surface area contributed by atoms with Gasteiger partial charge >= 0.3 is 0 Å². The van der Waals surface area contributed by atoms with Gasteiger partial charge in [0.2, 0.25) is 6.08 Å². The van der Waals surface area contributed by atoms with Gasteiger partial charge in [-0.1, -0.05) is 12.1 Å². The van der Waals surface area contributed by atoms with Crippen LogP contribution in [-0.2, 0) is 4.79 Å². The zero-order chi connectivity index (χ0) is 10.6. The SMILES string of the molecule is N#CC(N=C=O)c1cccc(F)c1F. The standard InChI is InChI=1S/C9H4F2N2O/c10-7-3-1-2-6(9(7)11)8(4-12)13-5-14/h1-3,8H. The molecule has 0 N–H and O–H groups in total. The van der Waals surface area contributed by atoms with Crippen molar-refractivity contribution in [2.45, 2.75) is 6.04 Å². The predicted molar refractivity (Wildman–Crippen MR) is 42.8 cm³/mol. The second kappa shape index (κ2) is 4.26. The molecule has 0 aliphatic heterocycles. The lowest BCUT2D eigenvalue weighted by Gasteiger charge is -2.03. The number of aliphatic imine (C=N–C) groups is 1. The van der Waals surface area contributed by atoms with Gasteiger partial charge in [0.1, 0.15) is 0 Å². The van der Waals surface area contributed by atoms with Crippen LogP contribution < -0.4 is 0 Å². The van der Waals surface area contributed by atoms with Crippen LogP contribution in [0.25, 0.3) is 0 Å². The molecule has 0 saturated carbocycles. The monoisotopic (exact) mass is 194 g/mol. The lowest BCUT2D eigenvalue weighted by molar-refractivity contribution is 0.495. The van der Waals surface area contributed by atoms with Crippen molar-refractivity contribution >= 4 is 6.08 Å². The fourth-order valence-electron chi connectivity index (χ4n) is 0.952. The molecule has 0 bridgehead atoms. The molecule has 0 spiro atoms. The Balaban J connectivity index is 3.25. The number of benzene rings is 1. The second-order valence-electron chi connectivity index (χ2n) is 2.40. The number of hydrogen-bond donors (Lipinski definition) is 0. The third-order valence-corrected chi connectivity index (χ3v) is 1.58. The summed E-state index contributed by atoms with van der Waals surface area (Å²) in [5.41, 5.74) is -0.268. The summed E-state index contributed by atoms with van der Waals surface area (Å²) in [7, 11) is 0. The molecule has 1 atom stereocenters. The van der Waals surface area contributed by atoms with Gasteiger partial charge in [0, 0.05) is 5.56 Å². The van der Waals surface area contributed by atoms with Crippen LogP contribution in [-0.4, -0.2) is 6.08 Å². The maximum Gasteiger partial charge on any atom is 0.236 e. The van der Waals surface area contributed by atoms with Gasteiger partial charge in [-0.05, 0) is 6.07 Å². The number of halogens is 2. The zero-order valence-corrected chi connectivity index (χ0v) is 6.87. The molecular formula is C9H4F2N2O. The highest BCUT2D eigenvalue weighted by Gasteiger charge is 2.16. The number of nitrogens with zero attached hydrogens (tertiary/aromatic N) is 2. The minimum Gasteiger partial charge on any atom is -0.211 e. The van der Waals surface area contributed by atoms with E-state index in [9.17, 15) is 13.6 Å². The van der Waals surface area contributed by atoms with Gasteiger partial charge in [0.25, 0.3) is 0 Å². The Labute approximate surface area is 78.3 Å². The third kappa shape index (κ3) is 1.82. The van der Waals surface area contributed by atoms with E-state index in [1.54, 1.807) is 6.07 Å². The van der Waals surface area contributed by atoms with Crippen molar-refractivity contribution in [1.82, 2.24) is 0 Å². The number of isocyanates is 1. The van der Waals surface area contributed by atoms with Crippen LogP contribution >= 0.6 is 0 Å². The van der Waals surface area contributed by atoms with E-state index in [1.165, 1.54) is 12.1 Å². The first-order valence-electron chi connectivity index (χ1n) is 3.61. The highest BCUT2D eigenvalue weighted by atomic mass is 19.2. The van der Waals surface area contributed by atoms with Crippen molar-refractivity contribution in [3.63, 3.8) is 0 Å². The summed E-state index contributed by atoms with van der Waals surface area (Å²) >= 11 is 0. The summed E-state index contributed by atoms with van der Waals surface area (Å²) in [5, 5.41) is 8.51. The van der Waals surface area contributed by atoms with Crippen molar-refractivity contribution in [3.05, 3.63) is 35.4 Å². The Kier molecular flexibility index (Phi) is 3.05. The molecule has 3 nitrogen and oxygen atoms in total. The minimum absolute atomic E-state index is 0.268. The molecule has 5 heteroatoms. The van der Waals surface area contributed by atoms with Crippen molar-refractivity contribution in [3.8, 4) is 6.07 Å². The van der Waals surface area contributed by atoms with Crippen molar-refractivity contribution < 1.29 is 13.6 Å². The van der Waals surface area contributed by atoms with Crippen LogP contribution in [0.15, 0.2) is 23.2 Å². The van der Waals surface area contributed by atoms with E-state index in [-0.39, 0.29) is 5.56 Å². The van der Waals surface area contributed by atoms with Crippen LogP contribution in [0, 0.1) is 23.0 Å². The zero-order valence-electron chi connectivity index (χ0n) is 6.87. The molecule has 1 aromatic rings. The molecule has 0 heterocycles. The quantitative estimate of drug-likeness (QED) is 0.533. The summed E-state index contributed by atoms with van der Waals surface area (Å²) in [6.45, 7) is 0. The van der Waals surface area contributed by atoms with Crippen LogP contribution in [0.5, 0.6) is 0 Å². The predicted octanol–water partition coefficient (Wildman–Crippen LogP) is 1.87. The molecular weight excluding hydrogens is 190 g/mol. The molecule has 0 aromatic heterocycles. The van der Waals surface area contributed by atoms with Crippen LogP contribution in [0.1, 0.15) is 11.6 Å². The van der Waals surface area contributed by atoms with Gasteiger partial charge in [-0.2, -0.15) is 10.3 Å². The topological polar surface area (TPSA) is 53.2 Å². The van der Waals surface area contributed by atoms with Gasteiger partial charge in [0.15, 0.2) is 17.7 Å². The molecule has 1 rings (SSSR count). The number of hydrogen-bond acceptors (Lipinski definition) is 3. The molecule has 0 amide bonds. The Morgan fingerprint density at radius 2 is 2.14 bits per heavy atom. The van der Waals surface area contributed by atoms with E-state index in [0.29, 0.717) is 0 Å². The van der Waals surface area contributed by atoms with Gasteiger partial charge in [-0.15, -0.1) is 0 Å². The first-order valence-corrected chi connectivity index (χ1v) is 3.61. The maximum absolute atomic E-state index is 13.0. The van der Waals surface area contributed by atoms with E-state index in [0.717, 1.165) is 12.1 Å². The van der Waals surface area contributed by atoms with Crippen molar-refractivity contribution in [2.24, 2.45) is 4.99 Å². The average Bonchev–Trinajstić information content (AvgIpc) is 2.19. The summed E-state index contributed by atoms with van der Waals surface area (Å²) < 4.78 is 25.7. The Morgan fingerprint density at radius 3 is 2.71 bits per heavy atom. The van der Waals surface area contributed by atoms with E-state index >= 15 is 0 Å². The fraction of sp³-hybridized carbons (Fsp3) is 0.111. The largest absolute Gasteiger partial charge is 0.236 e. The average molecular weight is 194 g/mol. The van der Waals surface area contributed by atoms with Crippen LogP contribution in [0.3, 0.4) is 0 Å². The van der Waals surface area contributed by atoms with Crippen molar-refractivity contribution in [2.75, 3.05) is 0 Å². The molecule has 1 unspecified atom stereocenters. The second-order valence-corrected chi connectivity index (χ2v) is 2.40. The molecule has 1 aromatic carbocycles. The highest BCUT2D eigenvalue weighted by molar-refractivity contribution is 5.38. The summed E-state index contributed by atoms with van der Waals surface area (Å²) in [4.78, 5) is 12.9. The lowest BCUT2D eigenvalue weighted by Crippen LogP contribution is -1.98. The summed E-state index contributed by atoms with van der Waals surface area (Å²) in [6, 6.07) is 3.54. The van der Waals surface area contributed by atoms with E-state index < -0.39 is 17.7 Å². The molecule has 0 radical (unpaired) electrons. The molecule has 0 fully saturated rings. The van der Waals surface area contributed by atoms with Gasteiger partial charge in [-0.25, -0.2) is 13.6 Å². The van der Waals surface area contributed by atoms with Gasteiger partial charge in [0.05, 0.1) is 6.07 Å².